The van der Waals surface area contributed by atoms with Crippen molar-refractivity contribution in [3.8, 4) is 0 Å². The van der Waals surface area contributed by atoms with Gasteiger partial charge in [0.15, 0.2) is 0 Å². The van der Waals surface area contributed by atoms with Crippen molar-refractivity contribution in [2.75, 3.05) is 7.05 Å². The molecule has 0 aliphatic heterocycles. The topological polar surface area (TPSA) is 12.0 Å². The molecular formula is C15H14F2IN. The number of hydrogen-bond donors (Lipinski definition) is 1. The summed E-state index contributed by atoms with van der Waals surface area (Å²) in [6, 6.07) is 9.28. The summed E-state index contributed by atoms with van der Waals surface area (Å²) in [7, 11) is 1.77. The van der Waals surface area contributed by atoms with Crippen LogP contribution in [0.2, 0.25) is 0 Å². The minimum atomic E-state index is -0.285. The maximum atomic E-state index is 14.0. The summed E-state index contributed by atoms with van der Waals surface area (Å²) in [6.07, 6.45) is 0. The lowest BCUT2D eigenvalue weighted by Crippen LogP contribution is -2.20. The Bertz CT molecular complexity index is 599. The fourth-order valence-electron chi connectivity index (χ4n) is 2.10. The lowest BCUT2D eigenvalue weighted by atomic mass is 9.97. The Morgan fingerprint density at radius 2 is 1.79 bits per heavy atom. The van der Waals surface area contributed by atoms with E-state index in [-0.39, 0.29) is 17.7 Å². The summed E-state index contributed by atoms with van der Waals surface area (Å²) in [6.45, 7) is 1.92. The third kappa shape index (κ3) is 3.12. The van der Waals surface area contributed by atoms with Crippen LogP contribution in [0.5, 0.6) is 0 Å². The van der Waals surface area contributed by atoms with Gasteiger partial charge in [-0.1, -0.05) is 23.8 Å². The second-order valence-electron chi connectivity index (χ2n) is 4.41. The van der Waals surface area contributed by atoms with Gasteiger partial charge in [-0.15, -0.1) is 0 Å². The van der Waals surface area contributed by atoms with E-state index < -0.39 is 0 Å². The van der Waals surface area contributed by atoms with Gasteiger partial charge in [-0.25, -0.2) is 8.78 Å². The quantitative estimate of drug-likeness (QED) is 0.796. The molecule has 1 N–H and O–H groups in total. The minimum absolute atomic E-state index is 0.259. The van der Waals surface area contributed by atoms with Crippen LogP contribution in [0.1, 0.15) is 22.7 Å². The van der Waals surface area contributed by atoms with Crippen LogP contribution < -0.4 is 5.32 Å². The maximum absolute atomic E-state index is 14.0. The van der Waals surface area contributed by atoms with Crippen LogP contribution in [-0.4, -0.2) is 7.05 Å². The molecule has 0 heterocycles. The van der Waals surface area contributed by atoms with Crippen LogP contribution >= 0.6 is 22.6 Å². The van der Waals surface area contributed by atoms with Crippen molar-refractivity contribution in [3.63, 3.8) is 0 Å². The SMILES string of the molecule is CNC(c1cc(C)ccc1F)c1ccc(F)cc1I. The zero-order valence-electron chi connectivity index (χ0n) is 10.7. The Balaban J connectivity index is 2.52. The second-order valence-corrected chi connectivity index (χ2v) is 5.57. The maximum Gasteiger partial charge on any atom is 0.128 e. The first-order chi connectivity index (χ1) is 9.02. The summed E-state index contributed by atoms with van der Waals surface area (Å²) in [5.41, 5.74) is 2.44. The standard InChI is InChI=1S/C15H14F2IN/c1-9-3-6-13(17)12(7-9)15(19-2)11-5-4-10(16)8-14(11)18/h3-8,15,19H,1-2H3. The molecule has 2 rings (SSSR count). The van der Waals surface area contributed by atoms with E-state index in [2.05, 4.69) is 27.9 Å². The van der Waals surface area contributed by atoms with Crippen molar-refractivity contribution in [2.45, 2.75) is 13.0 Å². The number of aryl methyl sites for hydroxylation is 1. The third-order valence-corrected chi connectivity index (χ3v) is 3.96. The van der Waals surface area contributed by atoms with E-state index in [9.17, 15) is 8.78 Å². The zero-order valence-corrected chi connectivity index (χ0v) is 12.8. The van der Waals surface area contributed by atoms with E-state index in [1.807, 2.05) is 13.0 Å². The van der Waals surface area contributed by atoms with E-state index in [4.69, 9.17) is 0 Å². The molecular weight excluding hydrogens is 359 g/mol. The first-order valence-corrected chi connectivity index (χ1v) is 6.99. The summed E-state index contributed by atoms with van der Waals surface area (Å²) in [4.78, 5) is 0. The van der Waals surface area contributed by atoms with Crippen molar-refractivity contribution >= 4 is 22.6 Å². The Morgan fingerprint density at radius 3 is 2.42 bits per heavy atom. The molecule has 0 aliphatic carbocycles. The second kappa shape index (κ2) is 5.96. The van der Waals surface area contributed by atoms with Gasteiger partial charge in [0.05, 0.1) is 6.04 Å². The van der Waals surface area contributed by atoms with Gasteiger partial charge in [0.1, 0.15) is 11.6 Å². The molecule has 0 amide bonds. The van der Waals surface area contributed by atoms with Gasteiger partial charge in [-0.05, 0) is 60.3 Å². The van der Waals surface area contributed by atoms with Crippen molar-refractivity contribution < 1.29 is 8.78 Å². The largest absolute Gasteiger partial charge is 0.309 e. The highest BCUT2D eigenvalue weighted by Crippen LogP contribution is 2.28. The highest BCUT2D eigenvalue weighted by atomic mass is 127. The van der Waals surface area contributed by atoms with Crippen molar-refractivity contribution in [1.29, 1.82) is 0 Å². The van der Waals surface area contributed by atoms with Crippen molar-refractivity contribution in [1.82, 2.24) is 5.32 Å². The van der Waals surface area contributed by atoms with Crippen molar-refractivity contribution in [3.05, 3.63) is 68.3 Å². The zero-order chi connectivity index (χ0) is 14.0. The fraction of sp³-hybridized carbons (Fsp3) is 0.200. The number of hydrogen-bond acceptors (Lipinski definition) is 1. The summed E-state index contributed by atoms with van der Waals surface area (Å²) < 4.78 is 27.9. The van der Waals surface area contributed by atoms with Crippen LogP contribution in [0.25, 0.3) is 0 Å². The van der Waals surface area contributed by atoms with Gasteiger partial charge in [0, 0.05) is 9.13 Å². The van der Waals surface area contributed by atoms with Gasteiger partial charge < -0.3 is 5.32 Å². The number of benzene rings is 2. The monoisotopic (exact) mass is 373 g/mol. The molecule has 0 saturated heterocycles. The van der Waals surface area contributed by atoms with Crippen LogP contribution in [0.4, 0.5) is 8.78 Å². The number of halogens is 3. The summed E-state index contributed by atoms with van der Waals surface area (Å²) in [5.74, 6) is -0.544. The Hall–Kier alpha value is -1.01. The molecule has 0 bridgehead atoms. The highest BCUT2D eigenvalue weighted by molar-refractivity contribution is 14.1. The molecule has 0 fully saturated rings. The predicted octanol–water partition coefficient (Wildman–Crippen LogP) is 4.19. The smallest absolute Gasteiger partial charge is 0.128 e. The molecule has 1 nitrogen and oxygen atoms in total. The average molecular weight is 373 g/mol. The number of rotatable bonds is 3. The molecule has 1 unspecified atom stereocenters. The van der Waals surface area contributed by atoms with E-state index >= 15 is 0 Å². The van der Waals surface area contributed by atoms with Crippen molar-refractivity contribution in [2.24, 2.45) is 0 Å². The fourth-order valence-corrected chi connectivity index (χ4v) is 2.89. The molecule has 2 aromatic rings. The molecule has 2 aromatic carbocycles. The van der Waals surface area contributed by atoms with Gasteiger partial charge in [0.2, 0.25) is 0 Å². The summed E-state index contributed by atoms with van der Waals surface area (Å²) in [5, 5.41) is 3.10. The van der Waals surface area contributed by atoms with E-state index in [0.717, 1.165) is 14.7 Å². The van der Waals surface area contributed by atoms with E-state index in [1.54, 1.807) is 19.2 Å². The van der Waals surface area contributed by atoms with Gasteiger partial charge >= 0.3 is 0 Å². The Morgan fingerprint density at radius 1 is 1.05 bits per heavy atom. The molecule has 0 aliphatic rings. The van der Waals surface area contributed by atoms with Crippen LogP contribution in [0.15, 0.2) is 36.4 Å². The minimum Gasteiger partial charge on any atom is -0.309 e. The molecule has 0 spiro atoms. The Labute approximate surface area is 125 Å². The van der Waals surface area contributed by atoms with E-state index in [0.29, 0.717) is 5.56 Å². The van der Waals surface area contributed by atoms with Crippen LogP contribution in [0, 0.1) is 22.1 Å². The number of nitrogens with one attached hydrogen (secondary N) is 1. The van der Waals surface area contributed by atoms with Gasteiger partial charge in [-0.2, -0.15) is 0 Å². The lowest BCUT2D eigenvalue weighted by molar-refractivity contribution is 0.573. The molecule has 0 saturated carbocycles. The molecule has 4 heteroatoms. The first-order valence-electron chi connectivity index (χ1n) is 5.91. The first kappa shape index (κ1) is 14.4. The predicted molar refractivity (Wildman–Crippen MR) is 81.2 cm³/mol. The summed E-state index contributed by atoms with van der Waals surface area (Å²) >= 11 is 2.07. The normalized spacial score (nSPS) is 12.5. The van der Waals surface area contributed by atoms with E-state index in [1.165, 1.54) is 18.2 Å². The molecule has 100 valence electrons. The van der Waals surface area contributed by atoms with Crippen LogP contribution in [0.3, 0.4) is 0 Å². The molecule has 0 aromatic heterocycles. The molecule has 19 heavy (non-hydrogen) atoms. The average Bonchev–Trinajstić information content (AvgIpc) is 2.36. The third-order valence-electron chi connectivity index (χ3n) is 3.02. The van der Waals surface area contributed by atoms with Gasteiger partial charge in [0.25, 0.3) is 0 Å². The Kier molecular flexibility index (Phi) is 4.52. The molecule has 1 atom stereocenters. The molecule has 0 radical (unpaired) electrons. The lowest BCUT2D eigenvalue weighted by Gasteiger charge is -2.20. The van der Waals surface area contributed by atoms with Crippen LogP contribution in [-0.2, 0) is 0 Å². The highest BCUT2D eigenvalue weighted by Gasteiger charge is 2.18. The van der Waals surface area contributed by atoms with Gasteiger partial charge in [-0.3, -0.25) is 0 Å².